The zero-order valence-electron chi connectivity index (χ0n) is 13.7. The molecule has 2 N–H and O–H groups in total. The van der Waals surface area contributed by atoms with Gasteiger partial charge >= 0.3 is 0 Å². The van der Waals surface area contributed by atoms with Crippen LogP contribution in [-0.2, 0) is 9.53 Å². The highest BCUT2D eigenvalue weighted by atomic mass is 16.5. The summed E-state index contributed by atoms with van der Waals surface area (Å²) in [5.74, 6) is 0.0101. The van der Waals surface area contributed by atoms with E-state index in [1.54, 1.807) is 7.11 Å². The van der Waals surface area contributed by atoms with Crippen molar-refractivity contribution in [2.45, 2.75) is 26.2 Å². The third-order valence-corrected chi connectivity index (χ3v) is 4.04. The van der Waals surface area contributed by atoms with E-state index in [-0.39, 0.29) is 5.91 Å². The summed E-state index contributed by atoms with van der Waals surface area (Å²) < 4.78 is 5.18. The first-order valence-electron chi connectivity index (χ1n) is 8.11. The number of hydrogen-bond donors (Lipinski definition) is 2. The van der Waals surface area contributed by atoms with Crippen LogP contribution in [0.2, 0.25) is 0 Å². The van der Waals surface area contributed by atoms with Gasteiger partial charge in [-0.1, -0.05) is 12.2 Å². The van der Waals surface area contributed by atoms with Gasteiger partial charge in [0.2, 0.25) is 0 Å². The second-order valence-corrected chi connectivity index (χ2v) is 5.52. The smallest absolute Gasteiger partial charge is 0.254 e. The molecule has 2 aliphatic rings. The molecule has 1 aliphatic heterocycles. The molecule has 5 nitrogen and oxygen atoms in total. The molecule has 22 heavy (non-hydrogen) atoms. The van der Waals surface area contributed by atoms with Crippen LogP contribution >= 0.6 is 0 Å². The van der Waals surface area contributed by atoms with Crippen LogP contribution in [0.3, 0.4) is 0 Å². The number of carbonyl (C=O) groups is 1. The Morgan fingerprint density at radius 3 is 3.00 bits per heavy atom. The molecule has 0 aromatic carbocycles. The Balaban J connectivity index is 2.12. The third kappa shape index (κ3) is 4.45. The predicted molar refractivity (Wildman–Crippen MR) is 88.2 cm³/mol. The minimum absolute atomic E-state index is 0.0101. The van der Waals surface area contributed by atoms with Crippen molar-refractivity contribution < 1.29 is 9.53 Å². The topological polar surface area (TPSA) is 53.6 Å². The summed E-state index contributed by atoms with van der Waals surface area (Å²) in [7, 11) is 1.71. The number of nitrogens with one attached hydrogen (secondary N) is 2. The second kappa shape index (κ2) is 8.76. The first-order chi connectivity index (χ1) is 10.8. The molecule has 0 aromatic rings. The van der Waals surface area contributed by atoms with E-state index in [0.717, 1.165) is 55.9 Å². The first kappa shape index (κ1) is 16.8. The van der Waals surface area contributed by atoms with E-state index < -0.39 is 0 Å². The van der Waals surface area contributed by atoms with Gasteiger partial charge in [0, 0.05) is 51.1 Å². The van der Waals surface area contributed by atoms with Crippen molar-refractivity contribution in [2.24, 2.45) is 0 Å². The van der Waals surface area contributed by atoms with Crippen molar-refractivity contribution in [1.29, 1.82) is 0 Å². The molecule has 1 amide bonds. The second-order valence-electron chi connectivity index (χ2n) is 5.52. The number of methoxy groups -OCH3 is 1. The van der Waals surface area contributed by atoms with Gasteiger partial charge in [-0.3, -0.25) is 4.79 Å². The van der Waals surface area contributed by atoms with E-state index in [4.69, 9.17) is 4.74 Å². The van der Waals surface area contributed by atoms with Crippen molar-refractivity contribution >= 4 is 5.91 Å². The molecule has 0 aromatic heterocycles. The molecule has 1 aliphatic carbocycles. The molecule has 0 saturated carbocycles. The van der Waals surface area contributed by atoms with Gasteiger partial charge in [0.1, 0.15) is 0 Å². The van der Waals surface area contributed by atoms with Gasteiger partial charge in [0.25, 0.3) is 5.91 Å². The van der Waals surface area contributed by atoms with Crippen molar-refractivity contribution in [1.82, 2.24) is 15.5 Å². The van der Waals surface area contributed by atoms with Gasteiger partial charge in [-0.15, -0.1) is 0 Å². The summed E-state index contributed by atoms with van der Waals surface area (Å²) in [5.41, 5.74) is 2.91. The molecule has 1 heterocycles. The monoisotopic (exact) mass is 305 g/mol. The van der Waals surface area contributed by atoms with Crippen LogP contribution in [0.4, 0.5) is 0 Å². The summed E-state index contributed by atoms with van der Waals surface area (Å²) in [6, 6.07) is 0. The summed E-state index contributed by atoms with van der Waals surface area (Å²) in [6.07, 6.45) is 9.09. The predicted octanol–water partition coefficient (Wildman–Crippen LogP) is 1.55. The molecule has 0 saturated heterocycles. The van der Waals surface area contributed by atoms with Crippen LogP contribution in [0.1, 0.15) is 26.2 Å². The van der Waals surface area contributed by atoms with Gasteiger partial charge in [-0.2, -0.15) is 0 Å². The first-order valence-corrected chi connectivity index (χ1v) is 8.11. The molecule has 2 rings (SSSR count). The summed E-state index contributed by atoms with van der Waals surface area (Å²) in [6.45, 7) is 6.04. The summed E-state index contributed by atoms with van der Waals surface area (Å²) in [4.78, 5) is 14.9. The van der Waals surface area contributed by atoms with Gasteiger partial charge in [0.05, 0.1) is 12.2 Å². The van der Waals surface area contributed by atoms with Gasteiger partial charge in [0.15, 0.2) is 0 Å². The van der Waals surface area contributed by atoms with E-state index >= 15 is 0 Å². The maximum absolute atomic E-state index is 12.6. The molecular weight excluding hydrogens is 278 g/mol. The normalized spacial score (nSPS) is 18.2. The fraction of sp³-hybridized carbons (Fsp3) is 0.588. The number of ether oxygens (including phenoxy) is 1. The van der Waals surface area contributed by atoms with E-state index in [2.05, 4.69) is 34.6 Å². The molecular formula is C17H27N3O2. The number of carbonyl (C=O) groups excluding carboxylic acids is 1. The zero-order chi connectivity index (χ0) is 15.8. The molecule has 0 atom stereocenters. The van der Waals surface area contributed by atoms with Crippen molar-refractivity contribution in [3.63, 3.8) is 0 Å². The summed E-state index contributed by atoms with van der Waals surface area (Å²) in [5, 5.41) is 6.34. The Hall–Kier alpha value is -1.59. The standard InChI is InChI=1S/C17H27N3O2/c1-3-20(11-12-22-2)16-9-10-18-13-15(16)17(21)19-14-7-5-4-6-8-14/h5,7-8,18H,3-4,6,9-13H2,1-2H3,(H,19,21). The van der Waals surface area contributed by atoms with Crippen molar-refractivity contribution in [3.8, 4) is 0 Å². The van der Waals surface area contributed by atoms with E-state index in [1.807, 2.05) is 6.08 Å². The van der Waals surface area contributed by atoms with E-state index in [0.29, 0.717) is 13.2 Å². The van der Waals surface area contributed by atoms with Gasteiger partial charge < -0.3 is 20.3 Å². The Bertz CT molecular complexity index is 480. The van der Waals surface area contributed by atoms with Crippen LogP contribution in [0.5, 0.6) is 0 Å². The Kier molecular flexibility index (Phi) is 6.68. The maximum Gasteiger partial charge on any atom is 0.254 e. The molecule has 5 heteroatoms. The van der Waals surface area contributed by atoms with Crippen LogP contribution in [0.25, 0.3) is 0 Å². The van der Waals surface area contributed by atoms with Crippen molar-refractivity contribution in [3.05, 3.63) is 35.2 Å². The number of hydrogen-bond acceptors (Lipinski definition) is 4. The van der Waals surface area contributed by atoms with Gasteiger partial charge in [-0.25, -0.2) is 0 Å². The lowest BCUT2D eigenvalue weighted by atomic mass is 10.0. The summed E-state index contributed by atoms with van der Waals surface area (Å²) >= 11 is 0. The van der Waals surface area contributed by atoms with E-state index in [1.165, 1.54) is 0 Å². The highest BCUT2D eigenvalue weighted by molar-refractivity contribution is 5.96. The van der Waals surface area contributed by atoms with Gasteiger partial charge in [-0.05, 0) is 25.8 Å². The number of allylic oxidation sites excluding steroid dienone is 3. The Morgan fingerprint density at radius 2 is 2.32 bits per heavy atom. The molecule has 0 bridgehead atoms. The Labute approximate surface area is 133 Å². The lowest BCUT2D eigenvalue weighted by molar-refractivity contribution is -0.117. The molecule has 0 spiro atoms. The molecule has 0 fully saturated rings. The van der Waals surface area contributed by atoms with Crippen LogP contribution in [0, 0.1) is 0 Å². The fourth-order valence-electron chi connectivity index (χ4n) is 2.83. The number of amides is 1. The third-order valence-electron chi connectivity index (χ3n) is 4.04. The van der Waals surface area contributed by atoms with Crippen LogP contribution < -0.4 is 10.6 Å². The average Bonchev–Trinajstić information content (AvgIpc) is 2.57. The quantitative estimate of drug-likeness (QED) is 0.749. The minimum Gasteiger partial charge on any atom is -0.383 e. The lowest BCUT2D eigenvalue weighted by Gasteiger charge is -2.31. The molecule has 122 valence electrons. The SMILES string of the molecule is CCN(CCOC)C1=C(C(=O)NC2=CCCC=C2)CNCC1. The van der Waals surface area contributed by atoms with Crippen LogP contribution in [0.15, 0.2) is 35.2 Å². The maximum atomic E-state index is 12.6. The Morgan fingerprint density at radius 1 is 1.45 bits per heavy atom. The van der Waals surface area contributed by atoms with Crippen molar-refractivity contribution in [2.75, 3.05) is 39.9 Å². The zero-order valence-corrected chi connectivity index (χ0v) is 13.7. The van der Waals surface area contributed by atoms with E-state index in [9.17, 15) is 4.79 Å². The number of likely N-dealkylation sites (N-methyl/N-ethyl adjacent to an activating group) is 1. The van der Waals surface area contributed by atoms with Crippen LogP contribution in [-0.4, -0.2) is 50.7 Å². The molecule has 0 unspecified atom stereocenters. The highest BCUT2D eigenvalue weighted by Gasteiger charge is 2.22. The average molecular weight is 305 g/mol. The minimum atomic E-state index is 0.0101. The molecule has 0 radical (unpaired) electrons. The highest BCUT2D eigenvalue weighted by Crippen LogP contribution is 2.18. The number of nitrogens with zero attached hydrogens (tertiary/aromatic N) is 1. The fourth-order valence-corrected chi connectivity index (χ4v) is 2.83. The lowest BCUT2D eigenvalue weighted by Crippen LogP contribution is -2.40. The number of rotatable bonds is 7. The largest absolute Gasteiger partial charge is 0.383 e.